The number of carbonyl (C=O) groups is 4. The number of hydrogen-bond acceptors (Lipinski definition) is 18. The Bertz CT molecular complexity index is 2690. The number of morpholine rings is 2. The normalized spacial score (nSPS) is 20.8. The number of carboxylic acid groups (broad SMARTS) is 2. The van der Waals surface area contributed by atoms with Crippen molar-refractivity contribution in [2.45, 2.75) is 31.2 Å². The van der Waals surface area contributed by atoms with Gasteiger partial charge in [0.2, 0.25) is 0 Å². The van der Waals surface area contributed by atoms with Crippen LogP contribution in [0.5, 0.6) is 0 Å². The number of carbonyl (C=O) groups excluding carboxylic acids is 2. The van der Waals surface area contributed by atoms with E-state index in [1.54, 1.807) is 23.2 Å². The molecule has 2 aromatic heterocycles. The standard InChI is InChI=1S/C24H24F2N4O5S.C23H21BrF2N4O5S/c1-13-15(4-5-16(25)20(13)26)21-19(24(33)34-2)17(28-22(29-21)23-27-7-10-36-23)12-30-8-9-35-14(11-30)3-6-18(31)32;1-34-23(33)17-15(11-30-7-8-35-12(10-30)2-5-16(31)32)28-21(22-27-6-9-36-22)29-20(17)13-3-4-14(25)19(26)18(13)24/h3-7,10,14,21H,8-9,11-12H2,1-2H3,(H,28,29)(H,31,32);2-6,9,12,20H,7-8,10-11H2,1H3,(H,28,29)(H,31,32)/b6-3+;5-2+. The molecule has 8 rings (SSSR count). The second kappa shape index (κ2) is 24.3. The molecule has 18 nitrogen and oxygen atoms in total. The van der Waals surface area contributed by atoms with Gasteiger partial charge in [0.05, 0.1) is 55.3 Å². The highest BCUT2D eigenvalue weighted by atomic mass is 79.9. The maximum absolute atomic E-state index is 14.5. The Morgan fingerprint density at radius 1 is 0.736 bits per heavy atom. The number of methoxy groups -OCH3 is 2. The number of thiazole rings is 2. The summed E-state index contributed by atoms with van der Waals surface area (Å²) in [6.45, 7) is 4.40. The summed E-state index contributed by atoms with van der Waals surface area (Å²) >= 11 is 5.77. The monoisotopic (exact) mass is 1100 g/mol. The van der Waals surface area contributed by atoms with Crippen LogP contribution in [0.1, 0.15) is 38.8 Å². The molecular weight excluding hydrogens is 1060 g/mol. The molecule has 2 fully saturated rings. The highest BCUT2D eigenvalue weighted by Crippen LogP contribution is 2.39. The number of ether oxygens (including phenoxy) is 4. The molecule has 4 aliphatic rings. The Labute approximate surface area is 425 Å². The summed E-state index contributed by atoms with van der Waals surface area (Å²) < 4.78 is 77.9. The van der Waals surface area contributed by atoms with E-state index in [1.807, 2.05) is 9.80 Å². The van der Waals surface area contributed by atoms with E-state index >= 15 is 0 Å². The van der Waals surface area contributed by atoms with Crippen molar-refractivity contribution in [2.24, 2.45) is 9.98 Å². The number of nitrogens with one attached hydrogen (secondary N) is 2. The van der Waals surface area contributed by atoms with Gasteiger partial charge >= 0.3 is 23.9 Å². The van der Waals surface area contributed by atoms with Crippen molar-refractivity contribution in [3.8, 4) is 0 Å². The molecular formula is C47H45BrF4N8O10S2. The number of aromatic nitrogens is 2. The number of aliphatic imine (C=N–C) groups is 2. The van der Waals surface area contributed by atoms with Crippen LogP contribution in [0.15, 0.2) is 109 Å². The lowest BCUT2D eigenvalue weighted by Crippen LogP contribution is -2.46. The molecule has 2 saturated heterocycles. The molecule has 2 aromatic carbocycles. The van der Waals surface area contributed by atoms with Gasteiger partial charge in [-0.25, -0.2) is 46.7 Å². The van der Waals surface area contributed by atoms with Crippen LogP contribution in [0, 0.1) is 30.2 Å². The molecule has 25 heteroatoms. The number of nitrogens with zero attached hydrogens (tertiary/aromatic N) is 6. The molecule has 0 radical (unpaired) electrons. The van der Waals surface area contributed by atoms with E-state index in [0.717, 1.165) is 24.3 Å². The molecule has 0 amide bonds. The van der Waals surface area contributed by atoms with E-state index < -0.39 is 71.4 Å². The number of rotatable bonds is 14. The first-order valence-corrected chi connectivity index (χ1v) is 24.3. The molecule has 0 aliphatic carbocycles. The third kappa shape index (κ3) is 12.8. The topological polar surface area (TPSA) is 227 Å². The second-order valence-electron chi connectivity index (χ2n) is 16.0. The fraction of sp³-hybridized carbons (Fsp3) is 0.319. The largest absolute Gasteiger partial charge is 0.478 e. The Balaban J connectivity index is 0.000000211. The number of carboxylic acids is 2. The zero-order valence-electron chi connectivity index (χ0n) is 38.4. The zero-order chi connectivity index (χ0) is 51.6. The summed E-state index contributed by atoms with van der Waals surface area (Å²) in [5.41, 5.74) is 1.82. The molecule has 0 spiro atoms. The summed E-state index contributed by atoms with van der Waals surface area (Å²) in [7, 11) is 2.47. The number of halogens is 5. The van der Waals surface area contributed by atoms with Crippen molar-refractivity contribution in [3.63, 3.8) is 0 Å². The third-order valence-corrected chi connectivity index (χ3v) is 13.8. The SMILES string of the molecule is COC(=O)C1=C(CN2CCOC(/C=C/C(=O)O)C2)NC(c2nccs2)=NC1c1ccc(F)c(F)c1Br.COC(=O)C1=C(CN2CCOC(/C=C/C(=O)O)C2)NC(c2nccs2)=NC1c1ccc(F)c(F)c1C. The van der Waals surface area contributed by atoms with Crippen molar-refractivity contribution in [1.29, 1.82) is 0 Å². The van der Waals surface area contributed by atoms with Gasteiger partial charge in [0, 0.05) is 86.0 Å². The van der Waals surface area contributed by atoms with E-state index in [1.165, 1.54) is 68.1 Å². The Hall–Kier alpha value is -6.48. The highest BCUT2D eigenvalue weighted by Gasteiger charge is 2.37. The average Bonchev–Trinajstić information content (AvgIpc) is 4.13. The van der Waals surface area contributed by atoms with E-state index in [0.29, 0.717) is 78.0 Å². The van der Waals surface area contributed by atoms with Gasteiger partial charge in [-0.05, 0) is 63.8 Å². The Morgan fingerprint density at radius 2 is 1.18 bits per heavy atom. The molecule has 72 heavy (non-hydrogen) atoms. The summed E-state index contributed by atoms with van der Waals surface area (Å²) in [5.74, 6) is -6.89. The zero-order valence-corrected chi connectivity index (χ0v) is 41.7. The molecule has 0 saturated carbocycles. The van der Waals surface area contributed by atoms with Crippen molar-refractivity contribution in [1.82, 2.24) is 30.4 Å². The number of hydrogen-bond donors (Lipinski definition) is 4. The summed E-state index contributed by atoms with van der Waals surface area (Å²) in [4.78, 5) is 69.7. The van der Waals surface area contributed by atoms with Crippen molar-refractivity contribution in [2.75, 3.05) is 66.7 Å². The van der Waals surface area contributed by atoms with Crippen LogP contribution in [0.25, 0.3) is 0 Å². The molecule has 6 heterocycles. The van der Waals surface area contributed by atoms with Gasteiger partial charge in [0.15, 0.2) is 45.0 Å². The lowest BCUT2D eigenvalue weighted by molar-refractivity contribution is -0.137. The van der Waals surface area contributed by atoms with Gasteiger partial charge in [-0.2, -0.15) is 0 Å². The van der Waals surface area contributed by atoms with Gasteiger partial charge in [-0.1, -0.05) is 12.1 Å². The van der Waals surface area contributed by atoms with E-state index in [4.69, 9.17) is 29.2 Å². The predicted octanol–water partition coefficient (Wildman–Crippen LogP) is 5.63. The van der Waals surface area contributed by atoms with Crippen molar-refractivity contribution < 1.29 is 65.9 Å². The van der Waals surface area contributed by atoms with Gasteiger partial charge in [0.1, 0.15) is 12.1 Å². The molecule has 4 aliphatic heterocycles. The van der Waals surface area contributed by atoms with Crippen molar-refractivity contribution >= 4 is 74.2 Å². The minimum atomic E-state index is -1.09. The average molecular weight is 1100 g/mol. The number of esters is 2. The van der Waals surface area contributed by atoms with Gasteiger partial charge in [0.25, 0.3) is 0 Å². The maximum Gasteiger partial charge on any atom is 0.338 e. The quantitative estimate of drug-likeness (QED) is 0.0519. The van der Waals surface area contributed by atoms with Crippen LogP contribution in [0.2, 0.25) is 0 Å². The molecule has 0 bridgehead atoms. The van der Waals surface area contributed by atoms with Gasteiger partial charge in [-0.3, -0.25) is 19.8 Å². The van der Waals surface area contributed by atoms with Crippen LogP contribution in [0.3, 0.4) is 0 Å². The Kier molecular flexibility index (Phi) is 18.0. The molecule has 4 unspecified atom stereocenters. The minimum absolute atomic E-state index is 0.0372. The van der Waals surface area contributed by atoms with Crippen LogP contribution < -0.4 is 10.6 Å². The fourth-order valence-electron chi connectivity index (χ4n) is 8.01. The van der Waals surface area contributed by atoms with Gasteiger partial charge < -0.3 is 39.8 Å². The molecule has 4 atom stereocenters. The van der Waals surface area contributed by atoms with Crippen LogP contribution >= 0.6 is 38.6 Å². The van der Waals surface area contributed by atoms with Crippen molar-refractivity contribution in [3.05, 3.63) is 149 Å². The highest BCUT2D eigenvalue weighted by molar-refractivity contribution is 9.10. The van der Waals surface area contributed by atoms with Crippen LogP contribution in [-0.4, -0.2) is 144 Å². The third-order valence-electron chi connectivity index (χ3n) is 11.4. The summed E-state index contributed by atoms with van der Waals surface area (Å²) in [5, 5.41) is 28.8. The predicted molar refractivity (Wildman–Crippen MR) is 258 cm³/mol. The van der Waals surface area contributed by atoms with E-state index in [9.17, 15) is 36.7 Å². The van der Waals surface area contributed by atoms with Crippen LogP contribution in [-0.2, 0) is 38.1 Å². The molecule has 380 valence electrons. The maximum atomic E-state index is 14.5. The molecule has 4 N–H and O–H groups in total. The van der Waals surface area contributed by atoms with Gasteiger partial charge in [-0.15, -0.1) is 22.7 Å². The summed E-state index contributed by atoms with van der Waals surface area (Å²) in [6, 6.07) is 2.78. The first-order chi connectivity index (χ1) is 34.6. The fourth-order valence-corrected chi connectivity index (χ4v) is 9.73. The molecule has 4 aromatic rings. The Morgan fingerprint density at radius 3 is 1.61 bits per heavy atom. The number of aliphatic carboxylic acids is 2. The smallest absolute Gasteiger partial charge is 0.338 e. The van der Waals surface area contributed by atoms with Crippen LogP contribution in [0.4, 0.5) is 17.6 Å². The lowest BCUT2D eigenvalue weighted by Gasteiger charge is -2.34. The first-order valence-electron chi connectivity index (χ1n) is 21.8. The second-order valence-corrected chi connectivity index (χ2v) is 18.6. The number of amidine groups is 2. The number of benzene rings is 2. The van der Waals surface area contributed by atoms with E-state index in [-0.39, 0.29) is 39.8 Å². The minimum Gasteiger partial charge on any atom is -0.478 e. The van der Waals surface area contributed by atoms with E-state index in [2.05, 4.69) is 46.5 Å². The summed E-state index contributed by atoms with van der Waals surface area (Å²) in [6.07, 6.45) is 7.30. The first kappa shape index (κ1) is 53.3. The lowest BCUT2D eigenvalue weighted by atomic mass is 9.92.